The number of aromatic nitrogens is 2. The Kier molecular flexibility index (Phi) is 10.2. The third kappa shape index (κ3) is 6.94. The van der Waals surface area contributed by atoms with Crippen LogP contribution in [0.4, 0.5) is 16.3 Å². The summed E-state index contributed by atoms with van der Waals surface area (Å²) in [7, 11) is 3.29. The number of imide groups is 1. The summed E-state index contributed by atoms with van der Waals surface area (Å²) >= 11 is -1.30. The Bertz CT molecular complexity index is 1240. The van der Waals surface area contributed by atoms with Crippen molar-refractivity contribution in [3.63, 3.8) is 0 Å². The zero-order valence-corrected chi connectivity index (χ0v) is 22.8. The molecule has 1 atom stereocenters. The number of benzene rings is 2. The molecule has 2 fully saturated rings. The van der Waals surface area contributed by atoms with E-state index >= 15 is 0 Å². The molecule has 5 rings (SSSR count). The standard InChI is InChI=1S/C16H19N5O3.C8H10O2S.C2H6/c1-19-13-10-11(20-6-8-24-9-7-20)2-3-12(13)15(18-19)21-5-4-14(22)17-16(21)23;1-7-3-5-8(6-4-7)11(9)10-2;1-2/h2-3,10H,4-9H2,1H3,(H,17,22,23);3-6H,1-2H3;1-2H3. The number of rotatable bonds is 4. The van der Waals surface area contributed by atoms with Crippen LogP contribution in [0.15, 0.2) is 47.4 Å². The number of carbonyl (C=O) groups is 2. The van der Waals surface area contributed by atoms with Crippen molar-refractivity contribution in [2.75, 3.05) is 49.8 Å². The van der Waals surface area contributed by atoms with Crippen molar-refractivity contribution in [3.05, 3.63) is 48.0 Å². The van der Waals surface area contributed by atoms with E-state index in [-0.39, 0.29) is 12.3 Å². The minimum atomic E-state index is -1.30. The minimum absolute atomic E-state index is 0.244. The fourth-order valence-corrected chi connectivity index (χ4v) is 4.51. The highest BCUT2D eigenvalue weighted by atomic mass is 32.2. The molecular formula is C26H35N5O5S. The molecule has 2 saturated heterocycles. The molecule has 1 aromatic heterocycles. The monoisotopic (exact) mass is 529 g/mol. The Morgan fingerprint density at radius 3 is 2.32 bits per heavy atom. The first-order chi connectivity index (χ1) is 17.9. The van der Waals surface area contributed by atoms with Crippen LogP contribution in [0.25, 0.3) is 10.9 Å². The molecule has 0 saturated carbocycles. The predicted molar refractivity (Wildman–Crippen MR) is 145 cm³/mol. The lowest BCUT2D eigenvalue weighted by atomic mass is 10.2. The van der Waals surface area contributed by atoms with E-state index in [1.54, 1.807) is 16.8 Å². The Labute approximate surface area is 220 Å². The van der Waals surface area contributed by atoms with Gasteiger partial charge in [-0.25, -0.2) is 9.00 Å². The number of ether oxygens (including phenoxy) is 1. The molecule has 37 heavy (non-hydrogen) atoms. The number of nitrogens with one attached hydrogen (secondary N) is 1. The molecule has 3 amide bonds. The van der Waals surface area contributed by atoms with Crippen molar-refractivity contribution in [2.24, 2.45) is 7.05 Å². The van der Waals surface area contributed by atoms with Crippen molar-refractivity contribution >= 4 is 45.4 Å². The lowest BCUT2D eigenvalue weighted by Crippen LogP contribution is -2.49. The van der Waals surface area contributed by atoms with Crippen molar-refractivity contribution in [1.82, 2.24) is 15.1 Å². The van der Waals surface area contributed by atoms with Crippen LogP contribution < -0.4 is 15.1 Å². The number of morpholine rings is 1. The van der Waals surface area contributed by atoms with Crippen LogP contribution in [0.5, 0.6) is 0 Å². The molecule has 0 radical (unpaired) electrons. The largest absolute Gasteiger partial charge is 0.378 e. The summed E-state index contributed by atoms with van der Waals surface area (Å²) in [5, 5.41) is 7.75. The van der Waals surface area contributed by atoms with Crippen molar-refractivity contribution in [2.45, 2.75) is 32.1 Å². The van der Waals surface area contributed by atoms with Gasteiger partial charge in [0.05, 0.1) is 30.7 Å². The van der Waals surface area contributed by atoms with Gasteiger partial charge < -0.3 is 9.64 Å². The summed E-state index contributed by atoms with van der Waals surface area (Å²) in [6.07, 6.45) is 0.287. The average Bonchev–Trinajstić information content (AvgIpc) is 3.26. The number of urea groups is 1. The van der Waals surface area contributed by atoms with Crippen LogP contribution in [0, 0.1) is 6.92 Å². The zero-order valence-electron chi connectivity index (χ0n) is 22.0. The Hall–Kier alpha value is -3.28. The fraction of sp³-hybridized carbons (Fsp3) is 0.423. The number of anilines is 2. The van der Waals surface area contributed by atoms with Crippen LogP contribution >= 0.6 is 0 Å². The molecule has 2 aromatic carbocycles. The van der Waals surface area contributed by atoms with Gasteiger partial charge >= 0.3 is 6.03 Å². The summed E-state index contributed by atoms with van der Waals surface area (Å²) in [5.41, 5.74) is 3.24. The highest BCUT2D eigenvalue weighted by Crippen LogP contribution is 2.30. The van der Waals surface area contributed by atoms with E-state index in [2.05, 4.69) is 25.6 Å². The summed E-state index contributed by atoms with van der Waals surface area (Å²) in [5.74, 6) is 0.345. The summed E-state index contributed by atoms with van der Waals surface area (Å²) in [4.78, 5) is 27.9. The van der Waals surface area contributed by atoms with Gasteiger partial charge in [0.25, 0.3) is 0 Å². The molecule has 11 heteroatoms. The maximum atomic E-state index is 12.1. The molecule has 1 N–H and O–H groups in total. The normalized spacial score (nSPS) is 16.4. The number of carbonyl (C=O) groups excluding carboxylic acids is 2. The second-order valence-electron chi connectivity index (χ2n) is 8.22. The lowest BCUT2D eigenvalue weighted by Gasteiger charge is -2.29. The SMILES string of the molecule is CC.COS(=O)c1ccc(C)cc1.Cn1nc(N2CCC(=O)NC2=O)c2ccc(N3CCOCC3)cc21. The van der Waals surface area contributed by atoms with Gasteiger partial charge in [0, 0.05) is 44.2 Å². The van der Waals surface area contributed by atoms with Crippen molar-refractivity contribution in [3.8, 4) is 0 Å². The predicted octanol–water partition coefficient (Wildman–Crippen LogP) is 3.55. The third-order valence-corrected chi connectivity index (χ3v) is 6.83. The molecule has 2 aliphatic heterocycles. The van der Waals surface area contributed by atoms with E-state index < -0.39 is 17.1 Å². The highest BCUT2D eigenvalue weighted by molar-refractivity contribution is 7.80. The van der Waals surface area contributed by atoms with Crippen LogP contribution in [-0.2, 0) is 31.8 Å². The van der Waals surface area contributed by atoms with Gasteiger partial charge in [-0.15, -0.1) is 0 Å². The van der Waals surface area contributed by atoms with E-state index in [1.165, 1.54) is 12.0 Å². The lowest BCUT2D eigenvalue weighted by molar-refractivity contribution is -0.120. The van der Waals surface area contributed by atoms with Gasteiger partial charge in [0.15, 0.2) is 16.9 Å². The first kappa shape index (κ1) is 28.3. The van der Waals surface area contributed by atoms with Gasteiger partial charge in [0.1, 0.15) is 0 Å². The first-order valence-electron chi connectivity index (χ1n) is 12.3. The molecule has 0 spiro atoms. The number of amides is 3. The number of aryl methyl sites for hydroxylation is 2. The van der Waals surface area contributed by atoms with Crippen LogP contribution in [0.2, 0.25) is 0 Å². The zero-order chi connectivity index (χ0) is 26.9. The quantitative estimate of drug-likeness (QED) is 0.551. The molecule has 3 heterocycles. The van der Waals surface area contributed by atoms with Crippen LogP contribution in [0.1, 0.15) is 25.8 Å². The van der Waals surface area contributed by atoms with Gasteiger partial charge in [0.2, 0.25) is 5.91 Å². The fourth-order valence-electron chi connectivity index (χ4n) is 3.96. The van der Waals surface area contributed by atoms with Crippen molar-refractivity contribution in [1.29, 1.82) is 0 Å². The van der Waals surface area contributed by atoms with Gasteiger partial charge in [-0.3, -0.25) is 23.9 Å². The van der Waals surface area contributed by atoms with E-state index in [0.717, 1.165) is 48.5 Å². The van der Waals surface area contributed by atoms with Gasteiger partial charge in [-0.2, -0.15) is 5.10 Å². The maximum absolute atomic E-state index is 12.1. The highest BCUT2D eigenvalue weighted by Gasteiger charge is 2.28. The molecule has 200 valence electrons. The Morgan fingerprint density at radius 2 is 1.70 bits per heavy atom. The van der Waals surface area contributed by atoms with Crippen molar-refractivity contribution < 1.29 is 22.7 Å². The molecule has 0 bridgehead atoms. The smallest absolute Gasteiger partial charge is 0.329 e. The third-order valence-electron chi connectivity index (χ3n) is 5.87. The molecule has 3 aromatic rings. The Morgan fingerprint density at radius 1 is 1.03 bits per heavy atom. The van der Waals surface area contributed by atoms with Gasteiger partial charge in [-0.1, -0.05) is 31.5 Å². The summed E-state index contributed by atoms with van der Waals surface area (Å²) < 4.78 is 22.8. The number of nitrogens with zero attached hydrogens (tertiary/aromatic N) is 4. The van der Waals surface area contributed by atoms with Crippen LogP contribution in [0.3, 0.4) is 0 Å². The number of hydrogen-bond donors (Lipinski definition) is 1. The van der Waals surface area contributed by atoms with Crippen LogP contribution in [-0.4, -0.2) is 65.9 Å². The van der Waals surface area contributed by atoms with E-state index in [1.807, 2.05) is 52.1 Å². The number of hydrogen-bond acceptors (Lipinski definition) is 7. The summed E-state index contributed by atoms with van der Waals surface area (Å²) in [6, 6.07) is 13.1. The molecule has 2 aliphatic rings. The minimum Gasteiger partial charge on any atom is -0.378 e. The topological polar surface area (TPSA) is 106 Å². The van der Waals surface area contributed by atoms with E-state index in [9.17, 15) is 13.8 Å². The van der Waals surface area contributed by atoms with E-state index in [0.29, 0.717) is 17.3 Å². The summed E-state index contributed by atoms with van der Waals surface area (Å²) in [6.45, 7) is 9.54. The maximum Gasteiger partial charge on any atom is 0.329 e. The molecule has 1 unspecified atom stereocenters. The second kappa shape index (κ2) is 13.3. The van der Waals surface area contributed by atoms with E-state index in [4.69, 9.17) is 4.74 Å². The average molecular weight is 530 g/mol. The molecule has 0 aliphatic carbocycles. The molecular weight excluding hydrogens is 494 g/mol. The Balaban J connectivity index is 0.000000247. The second-order valence-corrected chi connectivity index (χ2v) is 9.49. The van der Waals surface area contributed by atoms with Gasteiger partial charge in [-0.05, 0) is 37.3 Å². The number of fused-ring (bicyclic) bond motifs is 1. The molecule has 10 nitrogen and oxygen atoms in total. The first-order valence-corrected chi connectivity index (χ1v) is 13.4.